The van der Waals surface area contributed by atoms with Gasteiger partial charge in [0, 0.05) is 17.1 Å². The molecule has 0 saturated carbocycles. The zero-order valence-electron chi connectivity index (χ0n) is 12.4. The second-order valence-corrected chi connectivity index (χ2v) is 5.84. The Labute approximate surface area is 124 Å². The van der Waals surface area contributed by atoms with Gasteiger partial charge in [-0.25, -0.2) is 4.98 Å². The first-order valence-corrected chi connectivity index (χ1v) is 7.73. The van der Waals surface area contributed by atoms with Gasteiger partial charge in [-0.1, -0.05) is 6.92 Å². The van der Waals surface area contributed by atoms with E-state index in [1.54, 1.807) is 0 Å². The molecule has 1 atom stereocenters. The number of hydrogen-bond acceptors (Lipinski definition) is 5. The topological polar surface area (TPSA) is 51.0 Å². The average Bonchev–Trinajstić information content (AvgIpc) is 2.75. The maximum absolute atomic E-state index is 5.56. The summed E-state index contributed by atoms with van der Waals surface area (Å²) in [5.41, 5.74) is 2.00. The van der Waals surface area contributed by atoms with Crippen molar-refractivity contribution in [3.8, 4) is 0 Å². The third-order valence-corrected chi connectivity index (χ3v) is 3.94. The Hall–Kier alpha value is -1.33. The molecule has 0 amide bonds. The molecule has 4 nitrogen and oxygen atoms in total. The molecule has 108 valence electrons. The van der Waals surface area contributed by atoms with Gasteiger partial charge in [-0.3, -0.25) is 4.98 Å². The normalized spacial score (nSPS) is 12.6. The van der Waals surface area contributed by atoms with Gasteiger partial charge in [0.1, 0.15) is 5.76 Å². The highest BCUT2D eigenvalue weighted by Gasteiger charge is 2.09. The van der Waals surface area contributed by atoms with Crippen LogP contribution in [-0.2, 0) is 0 Å². The van der Waals surface area contributed by atoms with E-state index in [0.29, 0.717) is 5.22 Å². The third kappa shape index (κ3) is 3.84. The summed E-state index contributed by atoms with van der Waals surface area (Å²) in [6.45, 7) is 9.17. The van der Waals surface area contributed by atoms with Gasteiger partial charge in [0.05, 0.1) is 11.4 Å². The van der Waals surface area contributed by atoms with E-state index in [0.717, 1.165) is 35.0 Å². The fourth-order valence-electron chi connectivity index (χ4n) is 1.76. The fourth-order valence-corrected chi connectivity index (χ4v) is 2.55. The van der Waals surface area contributed by atoms with Crippen LogP contribution in [0, 0.1) is 13.8 Å². The number of nitrogens with one attached hydrogen (secondary N) is 1. The zero-order chi connectivity index (χ0) is 14.5. The van der Waals surface area contributed by atoms with Crippen molar-refractivity contribution in [3.63, 3.8) is 0 Å². The molecule has 0 spiro atoms. The largest absolute Gasteiger partial charge is 0.436 e. The molecular formula is C15H21N3OS. The summed E-state index contributed by atoms with van der Waals surface area (Å²) in [4.78, 5) is 9.90. The monoisotopic (exact) mass is 291 g/mol. The maximum atomic E-state index is 5.56. The SMILES string of the molecule is CCCNC(C)c1ccc(Sc2nc(C)c(C)o2)cn1. The first-order chi connectivity index (χ1) is 9.60. The van der Waals surface area contributed by atoms with Crippen molar-refractivity contribution in [1.29, 1.82) is 0 Å². The predicted molar refractivity (Wildman–Crippen MR) is 81.0 cm³/mol. The van der Waals surface area contributed by atoms with Crippen molar-refractivity contribution in [3.05, 3.63) is 35.5 Å². The van der Waals surface area contributed by atoms with Crippen LogP contribution < -0.4 is 5.32 Å². The van der Waals surface area contributed by atoms with Crippen LogP contribution in [0.2, 0.25) is 0 Å². The predicted octanol–water partition coefficient (Wildman–Crippen LogP) is 3.90. The molecule has 0 aliphatic rings. The molecule has 2 rings (SSSR count). The highest BCUT2D eigenvalue weighted by atomic mass is 32.2. The van der Waals surface area contributed by atoms with Crippen LogP contribution in [0.4, 0.5) is 0 Å². The van der Waals surface area contributed by atoms with E-state index >= 15 is 0 Å². The van der Waals surface area contributed by atoms with E-state index in [1.165, 1.54) is 11.8 Å². The van der Waals surface area contributed by atoms with Crippen LogP contribution in [0.15, 0.2) is 32.9 Å². The van der Waals surface area contributed by atoms with Crippen LogP contribution in [0.1, 0.15) is 43.5 Å². The van der Waals surface area contributed by atoms with Gasteiger partial charge >= 0.3 is 0 Å². The molecule has 0 aliphatic heterocycles. The molecule has 1 unspecified atom stereocenters. The molecule has 2 heterocycles. The molecule has 0 fully saturated rings. The van der Waals surface area contributed by atoms with Crippen molar-refractivity contribution < 1.29 is 4.42 Å². The maximum Gasteiger partial charge on any atom is 0.261 e. The summed E-state index contributed by atoms with van der Waals surface area (Å²) in [5, 5.41) is 4.10. The van der Waals surface area contributed by atoms with Gasteiger partial charge in [0.15, 0.2) is 0 Å². The number of oxazole rings is 1. The Balaban J connectivity index is 2.01. The minimum absolute atomic E-state index is 0.278. The van der Waals surface area contributed by atoms with Gasteiger partial charge in [-0.2, -0.15) is 0 Å². The molecular weight excluding hydrogens is 270 g/mol. The molecule has 0 aliphatic carbocycles. The zero-order valence-corrected chi connectivity index (χ0v) is 13.3. The van der Waals surface area contributed by atoms with E-state index in [1.807, 2.05) is 20.0 Å². The Morgan fingerprint density at radius 3 is 2.70 bits per heavy atom. The van der Waals surface area contributed by atoms with E-state index in [2.05, 4.69) is 41.3 Å². The van der Waals surface area contributed by atoms with E-state index < -0.39 is 0 Å². The van der Waals surface area contributed by atoms with Crippen molar-refractivity contribution in [2.24, 2.45) is 0 Å². The van der Waals surface area contributed by atoms with Crippen molar-refractivity contribution in [2.75, 3.05) is 6.54 Å². The third-order valence-electron chi connectivity index (χ3n) is 3.12. The number of nitrogens with zero attached hydrogens (tertiary/aromatic N) is 2. The lowest BCUT2D eigenvalue weighted by molar-refractivity contribution is 0.431. The average molecular weight is 291 g/mol. The Morgan fingerprint density at radius 1 is 1.35 bits per heavy atom. The second-order valence-electron chi connectivity index (χ2n) is 4.82. The van der Waals surface area contributed by atoms with Gasteiger partial charge in [-0.05, 0) is 57.6 Å². The van der Waals surface area contributed by atoms with Crippen molar-refractivity contribution in [2.45, 2.75) is 50.3 Å². The minimum atomic E-state index is 0.278. The van der Waals surface area contributed by atoms with Gasteiger partial charge in [0.25, 0.3) is 5.22 Å². The van der Waals surface area contributed by atoms with Crippen LogP contribution in [0.25, 0.3) is 0 Å². The molecule has 2 aromatic rings. The molecule has 2 aromatic heterocycles. The lowest BCUT2D eigenvalue weighted by Crippen LogP contribution is -2.20. The summed E-state index contributed by atoms with van der Waals surface area (Å²) < 4.78 is 5.56. The summed E-state index contributed by atoms with van der Waals surface area (Å²) in [5.74, 6) is 0.870. The van der Waals surface area contributed by atoms with Crippen molar-refractivity contribution >= 4 is 11.8 Å². The second kappa shape index (κ2) is 6.90. The summed E-state index contributed by atoms with van der Waals surface area (Å²) in [7, 11) is 0. The van der Waals surface area contributed by atoms with Gasteiger partial charge in [-0.15, -0.1) is 0 Å². The standard InChI is InChI=1S/C15H21N3OS/c1-5-8-16-11(3)14-7-6-13(9-17-14)20-15-18-10(2)12(4)19-15/h6-7,9,11,16H,5,8H2,1-4H3. The van der Waals surface area contributed by atoms with E-state index in [-0.39, 0.29) is 6.04 Å². The summed E-state index contributed by atoms with van der Waals surface area (Å²) >= 11 is 1.50. The first kappa shape index (κ1) is 15.1. The quantitative estimate of drug-likeness (QED) is 0.874. The Bertz CT molecular complexity index is 531. The van der Waals surface area contributed by atoms with Crippen LogP contribution >= 0.6 is 11.8 Å². The van der Waals surface area contributed by atoms with Gasteiger partial charge in [0.2, 0.25) is 0 Å². The van der Waals surface area contributed by atoms with Crippen molar-refractivity contribution in [1.82, 2.24) is 15.3 Å². The number of pyridine rings is 1. The molecule has 0 aromatic carbocycles. The summed E-state index contributed by atoms with van der Waals surface area (Å²) in [6, 6.07) is 4.39. The highest BCUT2D eigenvalue weighted by molar-refractivity contribution is 7.99. The number of rotatable bonds is 6. The van der Waals surface area contributed by atoms with Crippen LogP contribution in [0.5, 0.6) is 0 Å². The van der Waals surface area contributed by atoms with Crippen LogP contribution in [-0.4, -0.2) is 16.5 Å². The Morgan fingerprint density at radius 2 is 2.15 bits per heavy atom. The van der Waals surface area contributed by atoms with E-state index in [9.17, 15) is 0 Å². The Kier molecular flexibility index (Phi) is 5.20. The summed E-state index contributed by atoms with van der Waals surface area (Å²) in [6.07, 6.45) is 3.00. The van der Waals surface area contributed by atoms with Gasteiger partial charge < -0.3 is 9.73 Å². The number of aromatic nitrogens is 2. The number of hydrogen-bond donors (Lipinski definition) is 1. The molecule has 0 saturated heterocycles. The van der Waals surface area contributed by atoms with Crippen LogP contribution in [0.3, 0.4) is 0 Å². The lowest BCUT2D eigenvalue weighted by Gasteiger charge is -2.12. The highest BCUT2D eigenvalue weighted by Crippen LogP contribution is 2.28. The lowest BCUT2D eigenvalue weighted by atomic mass is 10.2. The molecule has 5 heteroatoms. The minimum Gasteiger partial charge on any atom is -0.436 e. The fraction of sp³-hybridized carbons (Fsp3) is 0.467. The molecule has 1 N–H and O–H groups in total. The smallest absolute Gasteiger partial charge is 0.261 e. The first-order valence-electron chi connectivity index (χ1n) is 6.91. The molecule has 0 radical (unpaired) electrons. The number of aryl methyl sites for hydroxylation is 2. The van der Waals surface area contributed by atoms with E-state index in [4.69, 9.17) is 4.42 Å². The molecule has 0 bridgehead atoms. The molecule has 20 heavy (non-hydrogen) atoms.